The molecular weight excluding hydrogens is 442 g/mol. The number of pyridine rings is 1. The highest BCUT2D eigenvalue weighted by molar-refractivity contribution is 5.99. The zero-order valence-corrected chi connectivity index (χ0v) is 20.8. The van der Waals surface area contributed by atoms with E-state index in [1.54, 1.807) is 18.3 Å². The van der Waals surface area contributed by atoms with Crippen LogP contribution in [0.25, 0.3) is 0 Å². The lowest BCUT2D eigenvalue weighted by Gasteiger charge is -2.44. The number of amides is 2. The number of carbonyl (C=O) groups excluding carboxylic acids is 2. The van der Waals surface area contributed by atoms with Gasteiger partial charge in [-0.15, -0.1) is 0 Å². The summed E-state index contributed by atoms with van der Waals surface area (Å²) in [7, 11) is 0. The lowest BCUT2D eigenvalue weighted by molar-refractivity contribution is -0.133. The number of nitrogens with one attached hydrogen (secondary N) is 3. The van der Waals surface area contributed by atoms with Gasteiger partial charge in [0.05, 0.1) is 30.8 Å². The van der Waals surface area contributed by atoms with E-state index < -0.39 is 6.04 Å². The highest BCUT2D eigenvalue weighted by Gasteiger charge is 2.42. The van der Waals surface area contributed by atoms with E-state index in [-0.39, 0.29) is 29.4 Å². The maximum absolute atomic E-state index is 13.3. The predicted octanol–water partition coefficient (Wildman–Crippen LogP) is 4.49. The second-order valence-corrected chi connectivity index (χ2v) is 9.38. The minimum Gasteiger partial charge on any atom is -0.493 e. The molecule has 8 nitrogen and oxygen atoms in total. The Morgan fingerprint density at radius 2 is 2.06 bits per heavy atom. The molecule has 2 amide bonds. The molecule has 1 aromatic heterocycles. The molecule has 35 heavy (non-hydrogen) atoms. The summed E-state index contributed by atoms with van der Waals surface area (Å²) in [6.07, 6.45) is 5.64. The number of benzene rings is 1. The van der Waals surface area contributed by atoms with Crippen molar-refractivity contribution in [3.8, 4) is 5.75 Å². The molecule has 3 N–H and O–H groups in total. The summed E-state index contributed by atoms with van der Waals surface area (Å²) in [6.45, 7) is 6.67. The lowest BCUT2D eigenvalue weighted by atomic mass is 9.86. The summed E-state index contributed by atoms with van der Waals surface area (Å²) in [4.78, 5) is 32.5. The van der Waals surface area contributed by atoms with Gasteiger partial charge < -0.3 is 15.4 Å². The third-order valence-electron chi connectivity index (χ3n) is 7.26. The van der Waals surface area contributed by atoms with Crippen LogP contribution in [0.15, 0.2) is 42.6 Å². The van der Waals surface area contributed by atoms with Crippen molar-refractivity contribution in [3.05, 3.63) is 59.4 Å². The number of ether oxygens (including phenoxy) is 1. The molecule has 0 bridgehead atoms. The Morgan fingerprint density at radius 3 is 2.77 bits per heavy atom. The van der Waals surface area contributed by atoms with Crippen molar-refractivity contribution in [2.45, 2.75) is 76.9 Å². The van der Waals surface area contributed by atoms with Crippen LogP contribution in [0.2, 0.25) is 0 Å². The van der Waals surface area contributed by atoms with Crippen LogP contribution in [0.3, 0.4) is 0 Å². The van der Waals surface area contributed by atoms with E-state index in [0.29, 0.717) is 37.1 Å². The van der Waals surface area contributed by atoms with Crippen LogP contribution in [0.5, 0.6) is 5.75 Å². The number of para-hydroxylation sites is 1. The summed E-state index contributed by atoms with van der Waals surface area (Å²) in [5.41, 5.74) is 1.70. The predicted molar refractivity (Wildman–Crippen MR) is 134 cm³/mol. The molecule has 0 unspecified atom stereocenters. The molecule has 0 aliphatic carbocycles. The smallest absolute Gasteiger partial charge is 0.251 e. The molecule has 2 aliphatic rings. The van der Waals surface area contributed by atoms with Crippen LogP contribution in [0.1, 0.15) is 93.0 Å². The van der Waals surface area contributed by atoms with E-state index in [1.165, 1.54) is 4.90 Å². The number of aromatic nitrogens is 1. The van der Waals surface area contributed by atoms with Crippen molar-refractivity contribution in [2.24, 2.45) is 0 Å². The molecular formula is C27H35N5O3. The first kappa shape index (κ1) is 24.7. The normalized spacial score (nSPS) is 19.9. The van der Waals surface area contributed by atoms with Gasteiger partial charge in [-0.25, -0.2) is 0 Å². The Bertz CT molecular complexity index is 1080. The van der Waals surface area contributed by atoms with Gasteiger partial charge in [0.2, 0.25) is 5.91 Å². The minimum absolute atomic E-state index is 0.0774. The van der Waals surface area contributed by atoms with Crippen LogP contribution >= 0.6 is 0 Å². The van der Waals surface area contributed by atoms with Gasteiger partial charge in [-0.3, -0.25) is 24.9 Å². The molecule has 0 spiro atoms. The van der Waals surface area contributed by atoms with Crippen molar-refractivity contribution in [2.75, 3.05) is 6.61 Å². The monoisotopic (exact) mass is 477 g/mol. The molecule has 4 rings (SSSR count). The lowest BCUT2D eigenvalue weighted by Crippen LogP contribution is -2.62. The van der Waals surface area contributed by atoms with E-state index in [2.05, 4.69) is 15.6 Å². The van der Waals surface area contributed by atoms with Crippen LogP contribution in [0.4, 0.5) is 0 Å². The summed E-state index contributed by atoms with van der Waals surface area (Å²) in [5.74, 6) is 0.636. The van der Waals surface area contributed by atoms with Gasteiger partial charge in [0.25, 0.3) is 5.91 Å². The summed E-state index contributed by atoms with van der Waals surface area (Å²) in [6, 6.07) is 10.7. The third-order valence-corrected chi connectivity index (χ3v) is 7.26. The van der Waals surface area contributed by atoms with E-state index in [9.17, 15) is 9.59 Å². The quantitative estimate of drug-likeness (QED) is 0.519. The molecule has 1 fully saturated rings. The highest BCUT2D eigenvalue weighted by atomic mass is 16.5. The zero-order valence-electron chi connectivity index (χ0n) is 20.8. The van der Waals surface area contributed by atoms with Crippen LogP contribution in [-0.2, 0) is 4.79 Å². The molecule has 8 heteroatoms. The maximum Gasteiger partial charge on any atom is 0.251 e. The fourth-order valence-electron chi connectivity index (χ4n) is 5.05. The minimum atomic E-state index is -0.407. The fraction of sp³-hybridized carbons (Fsp3) is 0.481. The van der Waals surface area contributed by atoms with Crippen LogP contribution < -0.4 is 15.4 Å². The maximum atomic E-state index is 13.3. The number of rotatable bonds is 8. The molecule has 1 saturated heterocycles. The largest absolute Gasteiger partial charge is 0.493 e. The Balaban J connectivity index is 1.56. The van der Waals surface area contributed by atoms with Gasteiger partial charge in [0.1, 0.15) is 5.75 Å². The van der Waals surface area contributed by atoms with E-state index in [0.717, 1.165) is 30.6 Å². The Kier molecular flexibility index (Phi) is 7.38. The Hall–Kier alpha value is -3.42. The molecule has 0 radical (unpaired) electrons. The number of hydrogen-bond acceptors (Lipinski definition) is 5. The molecule has 1 aromatic carbocycles. The first-order chi connectivity index (χ1) is 16.9. The van der Waals surface area contributed by atoms with Crippen molar-refractivity contribution in [3.63, 3.8) is 0 Å². The van der Waals surface area contributed by atoms with Gasteiger partial charge in [-0.2, -0.15) is 0 Å². The highest BCUT2D eigenvalue weighted by Crippen LogP contribution is 2.34. The van der Waals surface area contributed by atoms with Gasteiger partial charge in [0.15, 0.2) is 5.96 Å². The fourth-order valence-corrected chi connectivity index (χ4v) is 5.05. The van der Waals surface area contributed by atoms with Crippen molar-refractivity contribution in [1.29, 1.82) is 5.41 Å². The first-order valence-corrected chi connectivity index (χ1v) is 12.6. The van der Waals surface area contributed by atoms with Crippen molar-refractivity contribution >= 4 is 17.8 Å². The molecule has 186 valence electrons. The standard InChI is InChI=1S/C27H35N5O3/c1-4-9-22(32-24(33)17-27(5-2,6-3)31-26(32)28)21-16-18(12-14-29-21)25(34)30-20-13-15-35-23-11-8-7-10-19(20)23/h7-8,10-12,14,16,20,22H,4-6,9,13,15,17H2,1-3H3,(H2,28,31)(H,30,34)/t20-,22-/m0/s1. The Morgan fingerprint density at radius 1 is 1.29 bits per heavy atom. The van der Waals surface area contributed by atoms with E-state index in [4.69, 9.17) is 10.1 Å². The Labute approximate surface area is 207 Å². The molecule has 2 atom stereocenters. The van der Waals surface area contributed by atoms with Crippen LogP contribution in [-0.4, -0.2) is 39.8 Å². The average molecular weight is 478 g/mol. The summed E-state index contributed by atoms with van der Waals surface area (Å²) in [5, 5.41) is 15.1. The summed E-state index contributed by atoms with van der Waals surface area (Å²) < 4.78 is 5.71. The number of carbonyl (C=O) groups is 2. The second kappa shape index (κ2) is 10.5. The SMILES string of the molecule is CCC[C@@H](c1cc(C(=O)N[C@H]2CCOc3ccccc32)ccn1)N1C(=N)NC(CC)(CC)CC1=O. The average Bonchev–Trinajstić information content (AvgIpc) is 2.88. The molecule has 2 aliphatic heterocycles. The van der Waals surface area contributed by atoms with E-state index >= 15 is 0 Å². The molecule has 0 saturated carbocycles. The molecule has 3 heterocycles. The zero-order chi connectivity index (χ0) is 25.0. The summed E-state index contributed by atoms with van der Waals surface area (Å²) >= 11 is 0. The topological polar surface area (TPSA) is 107 Å². The van der Waals surface area contributed by atoms with Gasteiger partial charge in [-0.05, 0) is 37.5 Å². The number of guanidine groups is 1. The number of nitrogens with zero attached hydrogens (tertiary/aromatic N) is 2. The van der Waals surface area contributed by atoms with Gasteiger partial charge in [0, 0.05) is 29.3 Å². The van der Waals surface area contributed by atoms with E-state index in [1.807, 2.05) is 45.0 Å². The number of fused-ring (bicyclic) bond motifs is 1. The van der Waals surface area contributed by atoms with Gasteiger partial charge in [-0.1, -0.05) is 45.4 Å². The third kappa shape index (κ3) is 5.01. The molecule has 2 aromatic rings. The number of hydrogen-bond donors (Lipinski definition) is 3. The van der Waals surface area contributed by atoms with Gasteiger partial charge >= 0.3 is 0 Å². The first-order valence-electron chi connectivity index (χ1n) is 12.6. The van der Waals surface area contributed by atoms with Crippen molar-refractivity contribution < 1.29 is 14.3 Å². The van der Waals surface area contributed by atoms with Crippen molar-refractivity contribution in [1.82, 2.24) is 20.5 Å². The second-order valence-electron chi connectivity index (χ2n) is 9.38. The van der Waals surface area contributed by atoms with Crippen LogP contribution in [0, 0.1) is 5.41 Å².